The summed E-state index contributed by atoms with van der Waals surface area (Å²) < 4.78 is 3.23. The molecule has 0 saturated carbocycles. The van der Waals surface area contributed by atoms with Gasteiger partial charge in [0.15, 0.2) is 5.65 Å². The number of unbranched alkanes of at least 4 members (excludes halogenated alkanes) is 1. The van der Waals surface area contributed by atoms with E-state index < -0.39 is 0 Å². The minimum atomic E-state index is -0.359. The van der Waals surface area contributed by atoms with E-state index in [-0.39, 0.29) is 6.03 Å². The highest BCUT2D eigenvalue weighted by Crippen LogP contribution is 2.24. The van der Waals surface area contributed by atoms with Crippen LogP contribution in [0.2, 0.25) is 5.02 Å². The maximum atomic E-state index is 12.5. The van der Waals surface area contributed by atoms with E-state index in [2.05, 4.69) is 50.2 Å². The maximum absolute atomic E-state index is 12.5. The summed E-state index contributed by atoms with van der Waals surface area (Å²) in [5.41, 5.74) is 4.73. The number of imidazole rings is 1. The molecule has 0 unspecified atom stereocenters. The van der Waals surface area contributed by atoms with Crippen LogP contribution >= 0.6 is 27.5 Å². The zero-order valence-corrected chi connectivity index (χ0v) is 20.9. The van der Waals surface area contributed by atoms with E-state index in [0.717, 1.165) is 46.4 Å². The molecule has 0 aliphatic carbocycles. The Labute approximate surface area is 206 Å². The lowest BCUT2D eigenvalue weighted by molar-refractivity contribution is 0.262. The largest absolute Gasteiger partial charge is 0.323 e. The van der Waals surface area contributed by atoms with Crippen LogP contribution < -0.4 is 10.6 Å². The Morgan fingerprint density at radius 1 is 1.09 bits per heavy atom. The number of pyridine rings is 1. The van der Waals surface area contributed by atoms with Crippen molar-refractivity contribution < 1.29 is 4.79 Å². The Kier molecular flexibility index (Phi) is 7.30. The highest BCUT2D eigenvalue weighted by molar-refractivity contribution is 9.10. The molecule has 8 heteroatoms. The number of benzene rings is 2. The molecule has 0 bridgehead atoms. The van der Waals surface area contributed by atoms with Crippen LogP contribution in [0, 0.1) is 6.92 Å². The van der Waals surface area contributed by atoms with Crippen LogP contribution in [-0.4, -0.2) is 20.6 Å². The third kappa shape index (κ3) is 5.72. The third-order valence-electron chi connectivity index (χ3n) is 5.33. The van der Waals surface area contributed by atoms with E-state index in [4.69, 9.17) is 21.6 Å². The first kappa shape index (κ1) is 23.3. The van der Waals surface area contributed by atoms with Crippen LogP contribution in [-0.2, 0) is 13.0 Å². The van der Waals surface area contributed by atoms with Gasteiger partial charge in [-0.25, -0.2) is 14.8 Å². The monoisotopic (exact) mass is 525 g/mol. The molecular formula is C25H25BrClN5O. The second-order valence-corrected chi connectivity index (χ2v) is 9.25. The number of fused-ring (bicyclic) bond motifs is 1. The Morgan fingerprint density at radius 3 is 2.61 bits per heavy atom. The molecule has 2 heterocycles. The highest BCUT2D eigenvalue weighted by atomic mass is 79.9. The van der Waals surface area contributed by atoms with Gasteiger partial charge in [0.2, 0.25) is 0 Å². The zero-order chi connectivity index (χ0) is 23.4. The van der Waals surface area contributed by atoms with Crippen LogP contribution in [0.15, 0.2) is 59.1 Å². The summed E-state index contributed by atoms with van der Waals surface area (Å²) >= 11 is 9.50. The second-order valence-electron chi connectivity index (χ2n) is 7.90. The van der Waals surface area contributed by atoms with Crippen LogP contribution in [0.25, 0.3) is 11.2 Å². The molecule has 2 N–H and O–H groups in total. The molecule has 0 fully saturated rings. The fourth-order valence-corrected chi connectivity index (χ4v) is 4.08. The van der Waals surface area contributed by atoms with Crippen molar-refractivity contribution in [1.82, 2.24) is 14.5 Å². The molecule has 2 aromatic heterocycles. The van der Waals surface area contributed by atoms with E-state index in [1.807, 2.05) is 25.1 Å². The average molecular weight is 527 g/mol. The summed E-state index contributed by atoms with van der Waals surface area (Å²) in [6.07, 6.45) is 3.01. The smallest absolute Gasteiger partial charge is 0.308 e. The van der Waals surface area contributed by atoms with Gasteiger partial charge < -0.3 is 15.2 Å². The number of nitrogens with zero attached hydrogens (tertiary/aromatic N) is 3. The fourth-order valence-electron chi connectivity index (χ4n) is 3.63. The molecule has 0 atom stereocenters. The van der Waals surface area contributed by atoms with Crippen LogP contribution in [0.4, 0.5) is 16.2 Å². The molecule has 2 amide bonds. The van der Waals surface area contributed by atoms with E-state index in [9.17, 15) is 4.79 Å². The Bertz CT molecular complexity index is 1290. The van der Waals surface area contributed by atoms with Gasteiger partial charge in [-0.1, -0.05) is 59.1 Å². The molecule has 4 aromatic rings. The van der Waals surface area contributed by atoms with Gasteiger partial charge >= 0.3 is 6.03 Å². The normalized spacial score (nSPS) is 11.0. The minimum absolute atomic E-state index is 0.359. The van der Waals surface area contributed by atoms with Crippen molar-refractivity contribution >= 4 is 56.1 Å². The molecule has 0 radical (unpaired) electrons. The first-order valence-corrected chi connectivity index (χ1v) is 12.0. The molecule has 33 heavy (non-hydrogen) atoms. The summed E-state index contributed by atoms with van der Waals surface area (Å²) in [6, 6.07) is 16.8. The van der Waals surface area contributed by atoms with Crippen molar-refractivity contribution in [3.8, 4) is 0 Å². The van der Waals surface area contributed by atoms with Gasteiger partial charge in [-0.15, -0.1) is 0 Å². The lowest BCUT2D eigenvalue weighted by atomic mass is 10.2. The summed E-state index contributed by atoms with van der Waals surface area (Å²) in [5, 5.41) is 6.24. The summed E-state index contributed by atoms with van der Waals surface area (Å²) in [4.78, 5) is 22.2. The number of amides is 2. The highest BCUT2D eigenvalue weighted by Gasteiger charge is 2.16. The van der Waals surface area contributed by atoms with Crippen molar-refractivity contribution in [2.75, 3.05) is 10.6 Å². The van der Waals surface area contributed by atoms with E-state index in [1.54, 1.807) is 24.3 Å². The summed E-state index contributed by atoms with van der Waals surface area (Å²) in [7, 11) is 0. The number of anilines is 2. The predicted molar refractivity (Wildman–Crippen MR) is 138 cm³/mol. The summed E-state index contributed by atoms with van der Waals surface area (Å²) in [5.74, 6) is 1.00. The first-order valence-electron chi connectivity index (χ1n) is 10.9. The van der Waals surface area contributed by atoms with E-state index in [1.165, 1.54) is 5.56 Å². The van der Waals surface area contributed by atoms with Crippen molar-refractivity contribution in [2.45, 2.75) is 39.7 Å². The Balaban J connectivity index is 1.63. The standard InChI is InChI=1S/C25H25BrClN5O/c1-3-4-8-23-30-22-14-21(31-25(33)29-20-7-5-6-19(27)13-20)16(2)28-24(22)32(23)15-17-9-11-18(26)12-10-17/h5-7,9-14H,3-4,8,15H2,1-2H3,(H2,29,31,33). The molecule has 0 aliphatic heterocycles. The molecular weight excluding hydrogens is 502 g/mol. The first-order chi connectivity index (χ1) is 15.9. The zero-order valence-electron chi connectivity index (χ0n) is 18.5. The number of nitrogens with one attached hydrogen (secondary N) is 2. The van der Waals surface area contributed by atoms with E-state index in [0.29, 0.717) is 22.9 Å². The molecule has 4 rings (SSSR count). The molecule has 2 aromatic carbocycles. The van der Waals surface area contributed by atoms with Crippen molar-refractivity contribution in [3.63, 3.8) is 0 Å². The lowest BCUT2D eigenvalue weighted by Crippen LogP contribution is -2.20. The van der Waals surface area contributed by atoms with Gasteiger partial charge in [-0.2, -0.15) is 0 Å². The number of rotatable bonds is 7. The van der Waals surface area contributed by atoms with Gasteiger partial charge in [0.05, 0.1) is 17.9 Å². The van der Waals surface area contributed by atoms with Gasteiger partial charge in [0.1, 0.15) is 11.3 Å². The lowest BCUT2D eigenvalue weighted by Gasteiger charge is -2.11. The van der Waals surface area contributed by atoms with E-state index >= 15 is 0 Å². The average Bonchev–Trinajstić information content (AvgIpc) is 3.10. The minimum Gasteiger partial charge on any atom is -0.308 e. The van der Waals surface area contributed by atoms with Gasteiger partial charge in [-0.3, -0.25) is 0 Å². The van der Waals surface area contributed by atoms with Crippen LogP contribution in [0.3, 0.4) is 0 Å². The number of urea groups is 1. The second kappa shape index (κ2) is 10.4. The van der Waals surface area contributed by atoms with Gasteiger partial charge in [0.25, 0.3) is 0 Å². The topological polar surface area (TPSA) is 71.8 Å². The van der Waals surface area contributed by atoms with Gasteiger partial charge in [0, 0.05) is 21.6 Å². The molecule has 6 nitrogen and oxygen atoms in total. The summed E-state index contributed by atoms with van der Waals surface area (Å²) in [6.45, 7) is 4.75. The third-order valence-corrected chi connectivity index (χ3v) is 6.09. The Hall–Kier alpha value is -2.90. The van der Waals surface area contributed by atoms with Gasteiger partial charge in [-0.05, 0) is 55.3 Å². The van der Waals surface area contributed by atoms with Crippen molar-refractivity contribution in [1.29, 1.82) is 0 Å². The number of aryl methyl sites for hydroxylation is 2. The van der Waals surface area contributed by atoms with Crippen LogP contribution in [0.1, 0.15) is 36.8 Å². The number of carbonyl (C=O) groups is 1. The number of aromatic nitrogens is 3. The number of hydrogen-bond acceptors (Lipinski definition) is 3. The van der Waals surface area contributed by atoms with Crippen molar-refractivity contribution in [2.24, 2.45) is 0 Å². The van der Waals surface area contributed by atoms with Crippen LogP contribution in [0.5, 0.6) is 0 Å². The molecule has 0 saturated heterocycles. The Morgan fingerprint density at radius 2 is 1.88 bits per heavy atom. The fraction of sp³-hybridized carbons (Fsp3) is 0.240. The predicted octanol–water partition coefficient (Wildman–Crippen LogP) is 7.19. The van der Waals surface area contributed by atoms with Crippen molar-refractivity contribution in [3.05, 3.63) is 81.2 Å². The number of halogens is 2. The quantitative estimate of drug-likeness (QED) is 0.268. The number of hydrogen-bond donors (Lipinski definition) is 2. The number of carbonyl (C=O) groups excluding carboxylic acids is 1. The molecule has 0 spiro atoms. The maximum Gasteiger partial charge on any atom is 0.323 e. The SMILES string of the molecule is CCCCc1nc2cc(NC(=O)Nc3cccc(Cl)c3)c(C)nc2n1Cc1ccc(Br)cc1. The molecule has 170 valence electrons. The molecule has 0 aliphatic rings.